The molecule has 0 saturated heterocycles. The maximum absolute atomic E-state index is 11.0. The monoisotopic (exact) mass is 166 g/mol. The summed E-state index contributed by atoms with van der Waals surface area (Å²) in [7, 11) is 0. The number of thioether (sulfide) groups is 1. The Hall–Kier alpha value is 1.52. The van der Waals surface area contributed by atoms with E-state index in [1.807, 2.05) is 0 Å². The molecule has 0 aromatic heterocycles. The molecular formula is C3H5F2KOS. The molecule has 0 heterocycles. The van der Waals surface area contributed by atoms with Crippen LogP contribution >= 0.6 is 11.8 Å². The first-order chi connectivity index (χ1) is 3.13. The van der Waals surface area contributed by atoms with Gasteiger partial charge in [-0.3, -0.25) is 4.79 Å². The molecule has 0 aromatic rings. The van der Waals surface area contributed by atoms with E-state index in [1.165, 1.54) is 0 Å². The van der Waals surface area contributed by atoms with E-state index in [2.05, 4.69) is 0 Å². The van der Waals surface area contributed by atoms with Gasteiger partial charge in [0.2, 0.25) is 0 Å². The summed E-state index contributed by atoms with van der Waals surface area (Å²) in [5.74, 6) is -2.56. The van der Waals surface area contributed by atoms with Gasteiger partial charge in [0.1, 0.15) is 0 Å². The molecule has 0 spiro atoms. The SMILES string of the molecule is CC(=O)SC(F)F.[KH]. The second-order valence-electron chi connectivity index (χ2n) is 0.870. The molecule has 0 atom stereocenters. The van der Waals surface area contributed by atoms with Gasteiger partial charge in [0.15, 0.2) is 5.12 Å². The van der Waals surface area contributed by atoms with Gasteiger partial charge in [-0.2, -0.15) is 8.78 Å². The Morgan fingerprint density at radius 1 is 1.62 bits per heavy atom. The molecule has 0 aromatic carbocycles. The van der Waals surface area contributed by atoms with Crippen LogP contribution < -0.4 is 0 Å². The molecule has 0 N–H and O–H groups in total. The molecule has 0 unspecified atom stereocenters. The number of halogens is 2. The van der Waals surface area contributed by atoms with Gasteiger partial charge in [0.05, 0.1) is 0 Å². The zero-order chi connectivity index (χ0) is 5.86. The molecule has 0 rings (SSSR count). The van der Waals surface area contributed by atoms with Crippen LogP contribution in [0.1, 0.15) is 6.92 Å². The van der Waals surface area contributed by atoms with Crippen LogP contribution in [0.15, 0.2) is 0 Å². The predicted molar refractivity (Wildman–Crippen MR) is 31.4 cm³/mol. The van der Waals surface area contributed by atoms with Crippen molar-refractivity contribution in [3.8, 4) is 0 Å². The van der Waals surface area contributed by atoms with Gasteiger partial charge < -0.3 is 0 Å². The summed E-state index contributed by atoms with van der Waals surface area (Å²) in [6.07, 6.45) is 0. The standard InChI is InChI=1S/C3H4F2OS.K.H/c1-2(6)7-3(4)5;;/h3H,1H3;;. The van der Waals surface area contributed by atoms with Crippen molar-refractivity contribution in [1.82, 2.24) is 0 Å². The van der Waals surface area contributed by atoms with E-state index in [-0.39, 0.29) is 63.1 Å². The maximum atomic E-state index is 11.0. The number of hydrogen-bond donors (Lipinski definition) is 0. The molecule has 0 aliphatic heterocycles. The summed E-state index contributed by atoms with van der Waals surface area (Å²) in [6, 6.07) is 0. The van der Waals surface area contributed by atoms with E-state index in [9.17, 15) is 13.6 Å². The Morgan fingerprint density at radius 3 is 2.00 bits per heavy atom. The van der Waals surface area contributed by atoms with Crippen LogP contribution in [-0.4, -0.2) is 62.3 Å². The Morgan fingerprint density at radius 2 is 2.00 bits per heavy atom. The summed E-state index contributed by atoms with van der Waals surface area (Å²) in [4.78, 5) is 9.74. The van der Waals surface area contributed by atoms with E-state index < -0.39 is 10.9 Å². The molecule has 1 nitrogen and oxygen atoms in total. The fraction of sp³-hybridized carbons (Fsp3) is 0.667. The van der Waals surface area contributed by atoms with Crippen LogP contribution in [0.25, 0.3) is 0 Å². The normalized spacial score (nSPS) is 8.50. The number of rotatable bonds is 1. The number of carbonyl (C=O) groups excluding carboxylic acids is 1. The Bertz CT molecular complexity index is 77.7. The van der Waals surface area contributed by atoms with Gasteiger partial charge in [-0.1, -0.05) is 0 Å². The minimum absolute atomic E-state index is 0. The number of hydrogen-bond acceptors (Lipinski definition) is 2. The van der Waals surface area contributed by atoms with Gasteiger partial charge >= 0.3 is 51.4 Å². The van der Waals surface area contributed by atoms with Gasteiger partial charge in [-0.15, -0.1) is 0 Å². The van der Waals surface area contributed by atoms with E-state index in [4.69, 9.17) is 0 Å². The van der Waals surface area contributed by atoms with Crippen LogP contribution in [0.4, 0.5) is 8.78 Å². The van der Waals surface area contributed by atoms with Gasteiger partial charge in [-0.05, 0) is 11.8 Å². The van der Waals surface area contributed by atoms with Crippen molar-refractivity contribution in [2.45, 2.75) is 12.7 Å². The van der Waals surface area contributed by atoms with Crippen molar-refractivity contribution in [3.05, 3.63) is 0 Å². The second-order valence-corrected chi connectivity index (χ2v) is 2.04. The fourth-order valence-corrected chi connectivity index (χ4v) is 0.376. The molecule has 0 aliphatic rings. The van der Waals surface area contributed by atoms with Crippen molar-refractivity contribution in [2.24, 2.45) is 0 Å². The second kappa shape index (κ2) is 6.63. The van der Waals surface area contributed by atoms with E-state index >= 15 is 0 Å². The van der Waals surface area contributed by atoms with E-state index in [0.717, 1.165) is 6.92 Å². The molecule has 0 amide bonds. The van der Waals surface area contributed by atoms with Crippen LogP contribution in [0.5, 0.6) is 0 Å². The summed E-state index contributed by atoms with van der Waals surface area (Å²) in [5.41, 5.74) is 0. The van der Waals surface area contributed by atoms with Crippen molar-refractivity contribution in [1.29, 1.82) is 0 Å². The molecular weight excluding hydrogens is 161 g/mol. The van der Waals surface area contributed by atoms with Crippen molar-refractivity contribution in [3.63, 3.8) is 0 Å². The summed E-state index contributed by atoms with van der Waals surface area (Å²) in [6.45, 7) is 1.11. The Balaban J connectivity index is 0. The van der Waals surface area contributed by atoms with Crippen LogP contribution in [0.2, 0.25) is 0 Å². The van der Waals surface area contributed by atoms with Crippen molar-refractivity contribution in [2.75, 3.05) is 0 Å². The average Bonchev–Trinajstić information content (AvgIpc) is 1.27. The van der Waals surface area contributed by atoms with Crippen LogP contribution in [0, 0.1) is 0 Å². The zero-order valence-electron chi connectivity index (χ0n) is 3.65. The first-order valence-electron chi connectivity index (χ1n) is 1.58. The molecule has 5 heteroatoms. The molecule has 0 saturated carbocycles. The molecule has 0 aliphatic carbocycles. The van der Waals surface area contributed by atoms with Crippen molar-refractivity contribution >= 4 is 68.3 Å². The van der Waals surface area contributed by atoms with Crippen LogP contribution in [0.3, 0.4) is 0 Å². The average molecular weight is 166 g/mol. The quantitative estimate of drug-likeness (QED) is 0.537. The summed E-state index contributed by atoms with van der Waals surface area (Å²) in [5, 5.41) is -0.546. The van der Waals surface area contributed by atoms with E-state index in [0.29, 0.717) is 0 Å². The van der Waals surface area contributed by atoms with E-state index in [1.54, 1.807) is 0 Å². The summed E-state index contributed by atoms with van der Waals surface area (Å²) < 4.78 is 22.1. The number of carbonyl (C=O) groups is 1. The zero-order valence-corrected chi connectivity index (χ0v) is 4.47. The molecule has 0 radical (unpaired) electrons. The third kappa shape index (κ3) is 10.5. The van der Waals surface area contributed by atoms with Gasteiger partial charge in [0, 0.05) is 6.92 Å². The molecule has 8 heavy (non-hydrogen) atoms. The van der Waals surface area contributed by atoms with Crippen molar-refractivity contribution < 1.29 is 13.6 Å². The summed E-state index contributed by atoms with van der Waals surface area (Å²) >= 11 is 0.0370. The molecule has 44 valence electrons. The first kappa shape index (κ1) is 12.2. The number of alkyl halides is 2. The third-order valence-corrected chi connectivity index (χ3v) is 0.765. The Kier molecular flexibility index (Phi) is 10.1. The predicted octanol–water partition coefficient (Wildman–Crippen LogP) is 0.840. The van der Waals surface area contributed by atoms with Gasteiger partial charge in [-0.25, -0.2) is 0 Å². The molecule has 0 fully saturated rings. The topological polar surface area (TPSA) is 17.1 Å². The van der Waals surface area contributed by atoms with Crippen LogP contribution in [-0.2, 0) is 4.79 Å². The Labute approximate surface area is 93.0 Å². The molecule has 0 bridgehead atoms. The minimum atomic E-state index is -2.56. The third-order valence-electron chi connectivity index (χ3n) is 0.255. The van der Waals surface area contributed by atoms with Gasteiger partial charge in [0.25, 0.3) is 5.76 Å². The first-order valence-corrected chi connectivity index (χ1v) is 2.46. The fourth-order valence-electron chi connectivity index (χ4n) is 0.125.